The Hall–Kier alpha value is -0.0800. The Morgan fingerprint density at radius 2 is 1.62 bits per heavy atom. The van der Waals surface area contributed by atoms with Crippen molar-refractivity contribution in [1.82, 2.24) is 5.32 Å². The number of hydrogen-bond donors (Lipinski definition) is 1. The predicted molar refractivity (Wildman–Crippen MR) is 71.8 cm³/mol. The molecule has 0 radical (unpaired) electrons. The smallest absolute Gasteiger partial charge is 0.0547 e. The van der Waals surface area contributed by atoms with Gasteiger partial charge in [0, 0.05) is 6.61 Å². The van der Waals surface area contributed by atoms with Crippen LogP contribution in [0.25, 0.3) is 0 Å². The molecule has 0 bridgehead atoms. The number of nitrogens with one attached hydrogen (secondary N) is 1. The largest absolute Gasteiger partial charge is 0.378 e. The first-order valence-electron chi connectivity index (χ1n) is 6.84. The highest BCUT2D eigenvalue weighted by Crippen LogP contribution is 2.05. The van der Waals surface area contributed by atoms with Gasteiger partial charge in [-0.2, -0.15) is 0 Å². The fraction of sp³-hybridized carbons (Fsp3) is 1.00. The van der Waals surface area contributed by atoms with Gasteiger partial charge in [-0.3, -0.25) is 0 Å². The highest BCUT2D eigenvalue weighted by Gasteiger charge is 2.02. The molecule has 0 amide bonds. The van der Waals surface area contributed by atoms with Crippen molar-refractivity contribution in [3.8, 4) is 0 Å². The summed E-state index contributed by atoms with van der Waals surface area (Å²) in [7, 11) is 0. The zero-order chi connectivity index (χ0) is 12.4. The summed E-state index contributed by atoms with van der Waals surface area (Å²) in [4.78, 5) is 0. The van der Waals surface area contributed by atoms with Crippen molar-refractivity contribution >= 4 is 0 Å². The molecule has 1 atom stereocenters. The molecule has 0 aromatic rings. The first kappa shape index (κ1) is 15.9. The Kier molecular flexibility index (Phi) is 10.0. The van der Waals surface area contributed by atoms with E-state index in [9.17, 15) is 0 Å². The predicted octanol–water partition coefficient (Wildman–Crippen LogP) is 3.46. The molecule has 0 fully saturated rings. The SMILES string of the molecule is CC(C)CCOC(C)CCCNCC(C)C. The lowest BCUT2D eigenvalue weighted by atomic mass is 10.1. The lowest BCUT2D eigenvalue weighted by molar-refractivity contribution is 0.0521. The second-order valence-corrected chi connectivity index (χ2v) is 5.60. The molecule has 1 unspecified atom stereocenters. The zero-order valence-electron chi connectivity index (χ0n) is 11.9. The lowest BCUT2D eigenvalue weighted by Crippen LogP contribution is -2.22. The summed E-state index contributed by atoms with van der Waals surface area (Å²) in [5.74, 6) is 1.50. The lowest BCUT2D eigenvalue weighted by Gasteiger charge is -2.14. The molecule has 0 aromatic carbocycles. The Bertz CT molecular complexity index is 146. The topological polar surface area (TPSA) is 21.3 Å². The Labute approximate surface area is 102 Å². The molecular formula is C14H31NO. The Morgan fingerprint density at radius 3 is 2.19 bits per heavy atom. The molecule has 0 saturated heterocycles. The van der Waals surface area contributed by atoms with Gasteiger partial charge in [-0.05, 0) is 51.1 Å². The second kappa shape index (κ2) is 10.1. The summed E-state index contributed by atoms with van der Waals surface area (Å²) in [5.41, 5.74) is 0. The quantitative estimate of drug-likeness (QED) is 0.579. The first-order chi connectivity index (χ1) is 7.52. The van der Waals surface area contributed by atoms with Crippen LogP contribution in [0.4, 0.5) is 0 Å². The molecule has 0 aliphatic rings. The zero-order valence-corrected chi connectivity index (χ0v) is 11.9. The maximum absolute atomic E-state index is 5.75. The third kappa shape index (κ3) is 12.0. The van der Waals surface area contributed by atoms with Crippen LogP contribution in [0.5, 0.6) is 0 Å². The van der Waals surface area contributed by atoms with E-state index in [1.54, 1.807) is 0 Å². The van der Waals surface area contributed by atoms with Gasteiger partial charge in [-0.25, -0.2) is 0 Å². The third-order valence-electron chi connectivity index (χ3n) is 2.61. The van der Waals surface area contributed by atoms with Crippen LogP contribution in [0, 0.1) is 11.8 Å². The van der Waals surface area contributed by atoms with E-state index in [1.165, 1.54) is 19.3 Å². The summed E-state index contributed by atoms with van der Waals surface area (Å²) in [5, 5.41) is 3.46. The molecule has 16 heavy (non-hydrogen) atoms. The van der Waals surface area contributed by atoms with Crippen LogP contribution in [-0.4, -0.2) is 25.8 Å². The van der Waals surface area contributed by atoms with E-state index >= 15 is 0 Å². The Balaban J connectivity index is 3.20. The highest BCUT2D eigenvalue weighted by molar-refractivity contribution is 4.56. The van der Waals surface area contributed by atoms with E-state index in [0.29, 0.717) is 6.10 Å². The van der Waals surface area contributed by atoms with Crippen LogP contribution < -0.4 is 5.32 Å². The van der Waals surface area contributed by atoms with Gasteiger partial charge < -0.3 is 10.1 Å². The van der Waals surface area contributed by atoms with Gasteiger partial charge >= 0.3 is 0 Å². The van der Waals surface area contributed by atoms with Gasteiger partial charge in [0.15, 0.2) is 0 Å². The van der Waals surface area contributed by atoms with Crippen molar-refractivity contribution in [2.24, 2.45) is 11.8 Å². The van der Waals surface area contributed by atoms with Crippen LogP contribution in [0.15, 0.2) is 0 Å². The molecule has 0 aliphatic carbocycles. The number of ether oxygens (including phenoxy) is 1. The van der Waals surface area contributed by atoms with Crippen molar-refractivity contribution in [3.63, 3.8) is 0 Å². The van der Waals surface area contributed by atoms with Crippen molar-refractivity contribution < 1.29 is 4.74 Å². The summed E-state index contributed by atoms with van der Waals surface area (Å²) in [6.45, 7) is 14.3. The number of hydrogen-bond acceptors (Lipinski definition) is 2. The van der Waals surface area contributed by atoms with E-state index in [2.05, 4.69) is 39.9 Å². The standard InChI is InChI=1S/C14H31NO/c1-12(2)8-10-16-14(5)7-6-9-15-11-13(3)4/h12-15H,6-11H2,1-5H3. The van der Waals surface area contributed by atoms with Crippen molar-refractivity contribution in [1.29, 1.82) is 0 Å². The van der Waals surface area contributed by atoms with Crippen LogP contribution in [0.2, 0.25) is 0 Å². The van der Waals surface area contributed by atoms with Gasteiger partial charge in [0.1, 0.15) is 0 Å². The van der Waals surface area contributed by atoms with E-state index in [4.69, 9.17) is 4.74 Å². The second-order valence-electron chi connectivity index (χ2n) is 5.60. The fourth-order valence-electron chi connectivity index (χ4n) is 1.49. The van der Waals surface area contributed by atoms with E-state index in [1.807, 2.05) is 0 Å². The molecule has 0 heterocycles. The van der Waals surface area contributed by atoms with Crippen molar-refractivity contribution in [3.05, 3.63) is 0 Å². The summed E-state index contributed by atoms with van der Waals surface area (Å²) < 4.78 is 5.75. The average Bonchev–Trinajstić information content (AvgIpc) is 2.16. The van der Waals surface area contributed by atoms with Crippen LogP contribution in [-0.2, 0) is 4.74 Å². The molecule has 0 aromatic heterocycles. The van der Waals surface area contributed by atoms with E-state index < -0.39 is 0 Å². The molecule has 0 spiro atoms. The number of rotatable bonds is 10. The maximum atomic E-state index is 5.75. The summed E-state index contributed by atoms with van der Waals surface area (Å²) >= 11 is 0. The normalized spacial score (nSPS) is 13.7. The van der Waals surface area contributed by atoms with Gasteiger partial charge in [-0.15, -0.1) is 0 Å². The fourth-order valence-corrected chi connectivity index (χ4v) is 1.49. The van der Waals surface area contributed by atoms with Gasteiger partial charge in [0.2, 0.25) is 0 Å². The molecular weight excluding hydrogens is 198 g/mol. The van der Waals surface area contributed by atoms with Crippen LogP contribution >= 0.6 is 0 Å². The summed E-state index contributed by atoms with van der Waals surface area (Å²) in [6.07, 6.45) is 3.98. The first-order valence-corrected chi connectivity index (χ1v) is 6.84. The van der Waals surface area contributed by atoms with Crippen molar-refractivity contribution in [2.45, 2.75) is 60.0 Å². The molecule has 1 N–H and O–H groups in total. The van der Waals surface area contributed by atoms with Crippen LogP contribution in [0.3, 0.4) is 0 Å². The molecule has 2 nitrogen and oxygen atoms in total. The average molecular weight is 229 g/mol. The minimum absolute atomic E-state index is 0.416. The molecule has 0 rings (SSSR count). The highest BCUT2D eigenvalue weighted by atomic mass is 16.5. The van der Waals surface area contributed by atoms with Crippen LogP contribution in [0.1, 0.15) is 53.9 Å². The van der Waals surface area contributed by atoms with Gasteiger partial charge in [0.05, 0.1) is 6.10 Å². The van der Waals surface area contributed by atoms with Crippen molar-refractivity contribution in [2.75, 3.05) is 19.7 Å². The molecule has 2 heteroatoms. The molecule has 98 valence electrons. The van der Waals surface area contributed by atoms with Gasteiger partial charge in [-0.1, -0.05) is 27.7 Å². The maximum Gasteiger partial charge on any atom is 0.0547 e. The minimum Gasteiger partial charge on any atom is -0.378 e. The summed E-state index contributed by atoms with van der Waals surface area (Å²) in [6, 6.07) is 0. The third-order valence-corrected chi connectivity index (χ3v) is 2.61. The molecule has 0 aliphatic heterocycles. The van der Waals surface area contributed by atoms with E-state index in [0.717, 1.165) is 31.5 Å². The Morgan fingerprint density at radius 1 is 0.938 bits per heavy atom. The minimum atomic E-state index is 0.416. The molecule has 0 saturated carbocycles. The monoisotopic (exact) mass is 229 g/mol. The van der Waals surface area contributed by atoms with E-state index in [-0.39, 0.29) is 0 Å². The van der Waals surface area contributed by atoms with Gasteiger partial charge in [0.25, 0.3) is 0 Å².